The Morgan fingerprint density at radius 2 is 1.77 bits per heavy atom. The lowest BCUT2D eigenvalue weighted by Crippen LogP contribution is -2.54. The van der Waals surface area contributed by atoms with Gasteiger partial charge in [-0.15, -0.1) is 11.3 Å². The summed E-state index contributed by atoms with van der Waals surface area (Å²) in [4.78, 5) is 58.7. The summed E-state index contributed by atoms with van der Waals surface area (Å²) in [6.45, 7) is 4.60. The average molecular weight is 674 g/mol. The minimum atomic E-state index is -1.06. The summed E-state index contributed by atoms with van der Waals surface area (Å²) in [5, 5.41) is 7.66. The first-order valence-electron chi connectivity index (χ1n) is 16.4. The van der Waals surface area contributed by atoms with Crippen molar-refractivity contribution in [1.82, 2.24) is 20.5 Å². The SMILES string of the molecule is CNC(=O)OC(C)C(=O)NC(C(=O)N1CCC[C@H]1c1nc(C(=O)c2cccc(OCCOCCOCCN)c2)cs1)C1CCCCC1. The number of alkyl carbamates (subject to hydrolysis) is 1. The monoisotopic (exact) mass is 673 g/mol. The van der Waals surface area contributed by atoms with Crippen LogP contribution in [0.1, 0.15) is 79.0 Å². The van der Waals surface area contributed by atoms with Gasteiger partial charge < -0.3 is 40.2 Å². The molecule has 2 fully saturated rings. The highest BCUT2D eigenvalue weighted by molar-refractivity contribution is 7.10. The highest BCUT2D eigenvalue weighted by Gasteiger charge is 2.40. The molecule has 14 heteroatoms. The van der Waals surface area contributed by atoms with E-state index in [-0.39, 0.29) is 23.7 Å². The van der Waals surface area contributed by atoms with Crippen molar-refractivity contribution >= 4 is 35.0 Å². The minimum absolute atomic E-state index is 0.0153. The molecule has 2 aliphatic rings. The molecule has 1 aromatic carbocycles. The maximum absolute atomic E-state index is 14.1. The van der Waals surface area contributed by atoms with Crippen LogP contribution in [0.3, 0.4) is 0 Å². The Balaban J connectivity index is 1.39. The molecule has 0 radical (unpaired) electrons. The van der Waals surface area contributed by atoms with Crippen molar-refractivity contribution in [1.29, 1.82) is 0 Å². The fourth-order valence-electron chi connectivity index (χ4n) is 5.90. The number of nitrogens with zero attached hydrogens (tertiary/aromatic N) is 2. The average Bonchev–Trinajstić information content (AvgIpc) is 3.79. The number of carbonyl (C=O) groups is 4. The molecule has 1 aliphatic carbocycles. The molecule has 3 amide bonds. The van der Waals surface area contributed by atoms with E-state index in [0.29, 0.717) is 74.6 Å². The van der Waals surface area contributed by atoms with E-state index in [2.05, 4.69) is 10.6 Å². The van der Waals surface area contributed by atoms with Crippen LogP contribution in [0.5, 0.6) is 5.75 Å². The number of hydrogen-bond donors (Lipinski definition) is 3. The van der Waals surface area contributed by atoms with Crippen LogP contribution in [-0.2, 0) is 23.8 Å². The van der Waals surface area contributed by atoms with Crippen LogP contribution < -0.4 is 21.1 Å². The second kappa shape index (κ2) is 18.7. The van der Waals surface area contributed by atoms with Gasteiger partial charge in [-0.25, -0.2) is 9.78 Å². The smallest absolute Gasteiger partial charge is 0.407 e. The first-order valence-corrected chi connectivity index (χ1v) is 17.3. The Kier molecular flexibility index (Phi) is 14.4. The lowest BCUT2D eigenvalue weighted by Gasteiger charge is -2.35. The Bertz CT molecular complexity index is 1330. The molecule has 4 rings (SSSR count). The normalized spacial score (nSPS) is 17.9. The van der Waals surface area contributed by atoms with E-state index in [1.165, 1.54) is 25.3 Å². The zero-order valence-corrected chi connectivity index (χ0v) is 28.1. The molecule has 2 aromatic rings. The van der Waals surface area contributed by atoms with E-state index in [1.54, 1.807) is 34.5 Å². The lowest BCUT2D eigenvalue weighted by atomic mass is 9.83. The van der Waals surface area contributed by atoms with Gasteiger partial charge in [0.15, 0.2) is 6.10 Å². The van der Waals surface area contributed by atoms with Gasteiger partial charge in [0.1, 0.15) is 29.1 Å². The van der Waals surface area contributed by atoms with Crippen molar-refractivity contribution in [3.05, 3.63) is 45.9 Å². The van der Waals surface area contributed by atoms with Crippen molar-refractivity contribution in [3.8, 4) is 5.75 Å². The van der Waals surface area contributed by atoms with Gasteiger partial charge in [0.2, 0.25) is 11.7 Å². The third-order valence-electron chi connectivity index (χ3n) is 8.34. The molecule has 47 heavy (non-hydrogen) atoms. The van der Waals surface area contributed by atoms with Gasteiger partial charge >= 0.3 is 6.09 Å². The number of hydrogen-bond acceptors (Lipinski definition) is 11. The number of benzene rings is 1. The topological polar surface area (TPSA) is 171 Å². The van der Waals surface area contributed by atoms with Gasteiger partial charge in [-0.2, -0.15) is 0 Å². The van der Waals surface area contributed by atoms with Gasteiger partial charge in [-0.05, 0) is 50.7 Å². The molecule has 3 atom stereocenters. The molecule has 13 nitrogen and oxygen atoms in total. The van der Waals surface area contributed by atoms with Crippen LogP contribution in [0.15, 0.2) is 29.6 Å². The summed E-state index contributed by atoms with van der Waals surface area (Å²) >= 11 is 1.35. The minimum Gasteiger partial charge on any atom is -0.491 e. The first-order chi connectivity index (χ1) is 22.8. The predicted octanol–water partition coefficient (Wildman–Crippen LogP) is 3.22. The summed E-state index contributed by atoms with van der Waals surface area (Å²) in [5.41, 5.74) is 6.14. The highest BCUT2D eigenvalue weighted by atomic mass is 32.1. The number of rotatable bonds is 17. The van der Waals surface area contributed by atoms with Crippen LogP contribution >= 0.6 is 11.3 Å². The zero-order chi connectivity index (χ0) is 33.6. The van der Waals surface area contributed by atoms with Gasteiger partial charge in [-0.1, -0.05) is 31.4 Å². The number of amides is 3. The van der Waals surface area contributed by atoms with Gasteiger partial charge in [0.05, 0.1) is 32.5 Å². The van der Waals surface area contributed by atoms with Crippen LogP contribution in [0.4, 0.5) is 4.79 Å². The number of thiazole rings is 1. The van der Waals surface area contributed by atoms with Crippen molar-refractivity contribution in [2.45, 2.75) is 70.1 Å². The van der Waals surface area contributed by atoms with Crippen molar-refractivity contribution < 1.29 is 38.1 Å². The van der Waals surface area contributed by atoms with Gasteiger partial charge in [-0.3, -0.25) is 14.4 Å². The predicted molar refractivity (Wildman–Crippen MR) is 175 cm³/mol. The number of ketones is 1. The molecule has 0 bridgehead atoms. The molecule has 1 saturated heterocycles. The molecule has 1 aromatic heterocycles. The Morgan fingerprint density at radius 3 is 2.51 bits per heavy atom. The number of ether oxygens (including phenoxy) is 4. The Morgan fingerprint density at radius 1 is 1.02 bits per heavy atom. The first kappa shape index (κ1) is 36.2. The van der Waals surface area contributed by atoms with E-state index in [0.717, 1.165) is 38.5 Å². The summed E-state index contributed by atoms with van der Waals surface area (Å²) in [7, 11) is 1.42. The number of nitrogens with two attached hydrogens (primary N) is 1. The van der Waals surface area contributed by atoms with E-state index in [9.17, 15) is 19.2 Å². The molecule has 1 aliphatic heterocycles. The molecule has 0 spiro atoms. The zero-order valence-electron chi connectivity index (χ0n) is 27.2. The molecule has 2 unspecified atom stereocenters. The van der Waals surface area contributed by atoms with E-state index in [4.69, 9.17) is 29.7 Å². The molecule has 1 saturated carbocycles. The molecule has 4 N–H and O–H groups in total. The van der Waals surface area contributed by atoms with Crippen molar-refractivity contribution in [3.63, 3.8) is 0 Å². The van der Waals surface area contributed by atoms with Gasteiger partial charge in [0, 0.05) is 31.1 Å². The van der Waals surface area contributed by atoms with E-state index in [1.807, 2.05) is 0 Å². The second-order valence-electron chi connectivity index (χ2n) is 11.7. The van der Waals surface area contributed by atoms with Gasteiger partial charge in [0.25, 0.3) is 5.91 Å². The standard InChI is InChI=1S/C33H47N5O8S/c1-22(46-33(42)35-2)30(40)37-28(23-8-4-3-5-9-23)32(41)38-14-7-12-27(38)31-36-26(21-47-31)29(39)24-10-6-11-25(20-24)45-19-18-44-17-16-43-15-13-34/h6,10-11,20-23,27-28H,3-5,7-9,12-19,34H2,1-2H3,(H,35,42)(H,37,40)/t22?,27-,28?/m0/s1. The number of carbonyl (C=O) groups excluding carboxylic acids is 4. The quantitative estimate of drug-likeness (QED) is 0.167. The summed E-state index contributed by atoms with van der Waals surface area (Å²) in [6.07, 6.45) is 4.45. The molecule has 258 valence electrons. The van der Waals surface area contributed by atoms with Crippen molar-refractivity contribution in [2.24, 2.45) is 11.7 Å². The molecular weight excluding hydrogens is 626 g/mol. The Labute approximate surface area is 279 Å². The number of aromatic nitrogens is 1. The van der Waals surface area contributed by atoms with Crippen molar-refractivity contribution in [2.75, 3.05) is 53.2 Å². The van der Waals surface area contributed by atoms with Crippen LogP contribution in [0, 0.1) is 5.92 Å². The molecular formula is C33H47N5O8S. The fourth-order valence-corrected chi connectivity index (χ4v) is 6.85. The van der Waals surface area contributed by atoms with Crippen LogP contribution in [0.2, 0.25) is 0 Å². The van der Waals surface area contributed by atoms with Crippen LogP contribution in [0.25, 0.3) is 0 Å². The highest BCUT2D eigenvalue weighted by Crippen LogP contribution is 2.36. The fraction of sp³-hybridized carbons (Fsp3) is 0.606. The number of nitrogens with one attached hydrogen (secondary N) is 2. The largest absolute Gasteiger partial charge is 0.491 e. The Hall–Kier alpha value is -3.59. The summed E-state index contributed by atoms with van der Waals surface area (Å²) < 4.78 is 21.6. The number of likely N-dealkylation sites (tertiary alicyclic amines) is 1. The third-order valence-corrected chi connectivity index (χ3v) is 9.29. The lowest BCUT2D eigenvalue weighted by molar-refractivity contribution is -0.141. The third kappa shape index (κ3) is 10.4. The molecule has 2 heterocycles. The summed E-state index contributed by atoms with van der Waals surface area (Å²) in [5.74, 6) is -0.382. The maximum atomic E-state index is 14.1. The second-order valence-corrected chi connectivity index (χ2v) is 12.6. The van der Waals surface area contributed by atoms with Crippen LogP contribution in [-0.4, -0.2) is 98.9 Å². The van der Waals surface area contributed by atoms with E-state index < -0.39 is 24.1 Å². The maximum Gasteiger partial charge on any atom is 0.407 e. The van der Waals surface area contributed by atoms with E-state index >= 15 is 0 Å². The summed E-state index contributed by atoms with van der Waals surface area (Å²) in [6, 6.07) is 5.91.